The van der Waals surface area contributed by atoms with E-state index in [1.165, 1.54) is 0 Å². The molecule has 0 atom stereocenters. The summed E-state index contributed by atoms with van der Waals surface area (Å²) >= 11 is 0. The molecule has 0 aliphatic carbocycles. The molecule has 0 radical (unpaired) electrons. The van der Waals surface area contributed by atoms with Crippen LogP contribution in [0.3, 0.4) is 0 Å². The minimum atomic E-state index is -0.429. The lowest BCUT2D eigenvalue weighted by Gasteiger charge is -2.11. The molecule has 0 unspecified atom stereocenters. The Balaban J connectivity index is 2.59. The van der Waals surface area contributed by atoms with Gasteiger partial charge in [-0.15, -0.1) is 0 Å². The van der Waals surface area contributed by atoms with Crippen molar-refractivity contribution in [2.75, 3.05) is 19.5 Å². The van der Waals surface area contributed by atoms with Crippen LogP contribution in [0.5, 0.6) is 11.5 Å². The Morgan fingerprint density at radius 1 is 1.41 bits per heavy atom. The third-order valence-electron chi connectivity index (χ3n) is 1.93. The molecule has 0 bridgehead atoms. The molecule has 94 valence electrons. The summed E-state index contributed by atoms with van der Waals surface area (Å²) in [5.74, 6) is 0.596. The lowest BCUT2D eigenvalue weighted by atomic mass is 10.3. The zero-order valence-electron chi connectivity index (χ0n) is 10.2. The van der Waals surface area contributed by atoms with E-state index >= 15 is 0 Å². The lowest BCUT2D eigenvalue weighted by Crippen LogP contribution is -2.19. The molecule has 5 nitrogen and oxygen atoms in total. The van der Waals surface area contributed by atoms with Crippen LogP contribution in [0.4, 0.5) is 5.69 Å². The number of nitrogens with two attached hydrogens (primary N) is 1. The number of benzene rings is 1. The number of carbonyl (C=O) groups is 1. The number of carbonyl (C=O) groups excluding carboxylic acids is 1. The highest BCUT2D eigenvalue weighted by Crippen LogP contribution is 2.26. The van der Waals surface area contributed by atoms with Gasteiger partial charge in [-0.2, -0.15) is 0 Å². The number of rotatable bonds is 5. The van der Waals surface area contributed by atoms with Gasteiger partial charge in [0.2, 0.25) is 0 Å². The van der Waals surface area contributed by atoms with E-state index in [9.17, 15) is 4.79 Å². The topological polar surface area (TPSA) is 70.8 Å². The molecular formula is C12H17NO4. The molecular weight excluding hydrogens is 222 g/mol. The zero-order valence-corrected chi connectivity index (χ0v) is 10.2. The molecule has 0 saturated heterocycles. The molecule has 0 fully saturated rings. The fourth-order valence-electron chi connectivity index (χ4n) is 1.20. The minimum absolute atomic E-state index is 0.159. The second-order valence-electron chi connectivity index (χ2n) is 3.73. The standard InChI is InChI=1S/C12H17NO4/c1-8(2)17-12(14)7-16-11-6-9(15-3)4-5-10(11)13/h4-6,8H,7,13H2,1-3H3. The Labute approximate surface area is 100 Å². The number of methoxy groups -OCH3 is 1. The van der Waals surface area contributed by atoms with Crippen LogP contribution in [0.1, 0.15) is 13.8 Å². The van der Waals surface area contributed by atoms with E-state index < -0.39 is 5.97 Å². The van der Waals surface area contributed by atoms with Crippen LogP contribution in [0.2, 0.25) is 0 Å². The van der Waals surface area contributed by atoms with Gasteiger partial charge in [0.05, 0.1) is 18.9 Å². The summed E-state index contributed by atoms with van der Waals surface area (Å²) in [5.41, 5.74) is 6.15. The van der Waals surface area contributed by atoms with Gasteiger partial charge in [0.1, 0.15) is 11.5 Å². The van der Waals surface area contributed by atoms with Gasteiger partial charge in [-0.3, -0.25) is 0 Å². The second kappa shape index (κ2) is 5.98. The summed E-state index contributed by atoms with van der Waals surface area (Å²) in [6, 6.07) is 4.99. The maximum atomic E-state index is 11.3. The van der Waals surface area contributed by atoms with Crippen molar-refractivity contribution in [1.29, 1.82) is 0 Å². The first-order chi connectivity index (χ1) is 8.02. The summed E-state index contributed by atoms with van der Waals surface area (Å²) in [6.07, 6.45) is -0.159. The molecule has 0 amide bonds. The SMILES string of the molecule is COc1ccc(N)c(OCC(=O)OC(C)C)c1. The van der Waals surface area contributed by atoms with E-state index in [1.54, 1.807) is 39.2 Å². The Kier molecular flexibility index (Phi) is 4.63. The fourth-order valence-corrected chi connectivity index (χ4v) is 1.20. The van der Waals surface area contributed by atoms with Gasteiger partial charge in [0, 0.05) is 6.07 Å². The maximum Gasteiger partial charge on any atom is 0.344 e. The predicted octanol–water partition coefficient (Wildman–Crippen LogP) is 1.61. The number of ether oxygens (including phenoxy) is 3. The van der Waals surface area contributed by atoms with Crippen molar-refractivity contribution in [2.24, 2.45) is 0 Å². The smallest absolute Gasteiger partial charge is 0.344 e. The van der Waals surface area contributed by atoms with Crippen LogP contribution in [-0.2, 0) is 9.53 Å². The number of hydrogen-bond acceptors (Lipinski definition) is 5. The van der Waals surface area contributed by atoms with E-state index in [0.29, 0.717) is 17.2 Å². The first kappa shape index (κ1) is 13.2. The molecule has 1 aromatic carbocycles. The Morgan fingerprint density at radius 2 is 2.12 bits per heavy atom. The van der Waals surface area contributed by atoms with Crippen LogP contribution in [0.25, 0.3) is 0 Å². The largest absolute Gasteiger partial charge is 0.497 e. The van der Waals surface area contributed by atoms with Crippen molar-refractivity contribution in [2.45, 2.75) is 20.0 Å². The Hall–Kier alpha value is -1.91. The quantitative estimate of drug-likeness (QED) is 0.624. The first-order valence-electron chi connectivity index (χ1n) is 5.28. The van der Waals surface area contributed by atoms with Crippen molar-refractivity contribution < 1.29 is 19.0 Å². The van der Waals surface area contributed by atoms with E-state index in [0.717, 1.165) is 0 Å². The van der Waals surface area contributed by atoms with Gasteiger partial charge >= 0.3 is 5.97 Å². The predicted molar refractivity (Wildman–Crippen MR) is 64.1 cm³/mol. The van der Waals surface area contributed by atoms with E-state index in [2.05, 4.69) is 0 Å². The maximum absolute atomic E-state index is 11.3. The third kappa shape index (κ3) is 4.22. The number of esters is 1. The highest BCUT2D eigenvalue weighted by molar-refractivity contribution is 5.71. The monoisotopic (exact) mass is 239 g/mol. The molecule has 1 rings (SSSR count). The van der Waals surface area contributed by atoms with E-state index in [-0.39, 0.29) is 12.7 Å². The average Bonchev–Trinajstić information content (AvgIpc) is 2.27. The minimum Gasteiger partial charge on any atom is -0.497 e. The lowest BCUT2D eigenvalue weighted by molar-refractivity contribution is -0.149. The molecule has 0 spiro atoms. The van der Waals surface area contributed by atoms with Gasteiger partial charge < -0.3 is 19.9 Å². The van der Waals surface area contributed by atoms with Gasteiger partial charge in [-0.25, -0.2) is 4.79 Å². The van der Waals surface area contributed by atoms with E-state index in [1.807, 2.05) is 0 Å². The molecule has 0 saturated carbocycles. The van der Waals surface area contributed by atoms with Gasteiger partial charge in [0.25, 0.3) is 0 Å². The average molecular weight is 239 g/mol. The summed E-state index contributed by atoms with van der Waals surface area (Å²) in [4.78, 5) is 11.3. The normalized spacial score (nSPS) is 10.1. The first-order valence-corrected chi connectivity index (χ1v) is 5.28. The number of hydrogen-bond donors (Lipinski definition) is 1. The summed E-state index contributed by atoms with van der Waals surface area (Å²) in [7, 11) is 1.54. The van der Waals surface area contributed by atoms with Crippen LogP contribution < -0.4 is 15.2 Å². The molecule has 0 aliphatic rings. The molecule has 0 heterocycles. The Morgan fingerprint density at radius 3 is 2.71 bits per heavy atom. The van der Waals surface area contributed by atoms with Gasteiger partial charge in [-0.05, 0) is 26.0 Å². The van der Waals surface area contributed by atoms with Crippen LogP contribution in [-0.4, -0.2) is 25.8 Å². The molecule has 2 N–H and O–H groups in total. The summed E-state index contributed by atoms with van der Waals surface area (Å²) in [5, 5.41) is 0. The van der Waals surface area contributed by atoms with Crippen molar-refractivity contribution in [3.05, 3.63) is 18.2 Å². The molecule has 1 aromatic rings. The second-order valence-corrected chi connectivity index (χ2v) is 3.73. The van der Waals surface area contributed by atoms with Crippen LogP contribution in [0.15, 0.2) is 18.2 Å². The number of anilines is 1. The highest BCUT2D eigenvalue weighted by Gasteiger charge is 2.09. The van der Waals surface area contributed by atoms with Crippen molar-refractivity contribution in [3.8, 4) is 11.5 Å². The van der Waals surface area contributed by atoms with Crippen molar-refractivity contribution in [3.63, 3.8) is 0 Å². The Bertz CT molecular complexity index is 390. The summed E-state index contributed by atoms with van der Waals surface area (Å²) < 4.78 is 15.2. The van der Waals surface area contributed by atoms with Gasteiger partial charge in [-0.1, -0.05) is 0 Å². The van der Waals surface area contributed by atoms with E-state index in [4.69, 9.17) is 19.9 Å². The number of nitrogen functional groups attached to an aromatic ring is 1. The van der Waals surface area contributed by atoms with Gasteiger partial charge in [0.15, 0.2) is 6.61 Å². The van der Waals surface area contributed by atoms with Crippen molar-refractivity contribution in [1.82, 2.24) is 0 Å². The molecule has 5 heteroatoms. The summed E-state index contributed by atoms with van der Waals surface area (Å²) in [6.45, 7) is 3.38. The molecule has 0 aliphatic heterocycles. The fraction of sp³-hybridized carbons (Fsp3) is 0.417. The molecule has 0 aromatic heterocycles. The molecule has 17 heavy (non-hydrogen) atoms. The van der Waals surface area contributed by atoms with Crippen LogP contribution >= 0.6 is 0 Å². The highest BCUT2D eigenvalue weighted by atomic mass is 16.6. The van der Waals surface area contributed by atoms with Crippen LogP contribution in [0, 0.1) is 0 Å². The zero-order chi connectivity index (χ0) is 12.8. The van der Waals surface area contributed by atoms with Crippen molar-refractivity contribution >= 4 is 11.7 Å². The third-order valence-corrected chi connectivity index (χ3v) is 1.93.